The maximum atomic E-state index is 11.8. The Kier molecular flexibility index (Phi) is 3.84. The maximum Gasteiger partial charge on any atom is 0.195 e. The fraction of sp³-hybridized carbons (Fsp3) is 0.0714. The molecule has 0 unspecified atom stereocenters. The number of phenols is 1. The molecule has 4 heteroatoms. The number of carbonyl (C=O) groups is 1. The number of phenolic OH excluding ortho intramolecular Hbond substituents is 1. The van der Waals surface area contributed by atoms with Crippen molar-refractivity contribution >= 4 is 34.8 Å². The second-order valence-electron chi connectivity index (χ2n) is 3.82. The Morgan fingerprint density at radius 3 is 2.72 bits per heavy atom. The van der Waals surface area contributed by atoms with Crippen molar-refractivity contribution in [1.82, 2.24) is 0 Å². The molecule has 0 saturated heterocycles. The van der Waals surface area contributed by atoms with Gasteiger partial charge in [0.1, 0.15) is 5.75 Å². The molecule has 0 amide bonds. The molecule has 0 fully saturated rings. The maximum absolute atomic E-state index is 11.8. The van der Waals surface area contributed by atoms with Gasteiger partial charge in [0, 0.05) is 4.88 Å². The highest BCUT2D eigenvalue weighted by atomic mass is 35.5. The second-order valence-corrected chi connectivity index (χ2v) is 5.51. The molecule has 92 valence electrons. The van der Waals surface area contributed by atoms with E-state index >= 15 is 0 Å². The van der Waals surface area contributed by atoms with E-state index < -0.39 is 0 Å². The predicted molar refractivity (Wildman–Crippen MR) is 75.5 cm³/mol. The highest BCUT2D eigenvalue weighted by Gasteiger charge is 2.04. The van der Waals surface area contributed by atoms with Gasteiger partial charge in [0.15, 0.2) is 5.78 Å². The standard InChI is InChI=1S/C14H11ClO2S/c1-9-2-7-14(18-9)13(17)6-4-10-3-5-12(16)11(15)8-10/h2-8,16H,1H3/b6-4+. The number of ketones is 1. The zero-order valence-electron chi connectivity index (χ0n) is 9.68. The lowest BCUT2D eigenvalue weighted by Gasteiger charge is -1.97. The van der Waals surface area contributed by atoms with E-state index in [1.807, 2.05) is 19.1 Å². The number of halogens is 1. The van der Waals surface area contributed by atoms with Crippen LogP contribution in [0.15, 0.2) is 36.4 Å². The van der Waals surface area contributed by atoms with E-state index in [0.29, 0.717) is 4.88 Å². The molecule has 1 aromatic heterocycles. The summed E-state index contributed by atoms with van der Waals surface area (Å²) in [5.41, 5.74) is 0.777. The van der Waals surface area contributed by atoms with Crippen LogP contribution in [-0.2, 0) is 0 Å². The van der Waals surface area contributed by atoms with E-state index in [4.69, 9.17) is 11.6 Å². The number of aryl methyl sites for hydroxylation is 1. The third-order valence-corrected chi connectivity index (χ3v) is 3.70. The number of thiophene rings is 1. The fourth-order valence-electron chi connectivity index (χ4n) is 1.45. The lowest BCUT2D eigenvalue weighted by Crippen LogP contribution is -1.88. The smallest absolute Gasteiger partial charge is 0.195 e. The summed E-state index contributed by atoms with van der Waals surface area (Å²) in [6.45, 7) is 1.96. The van der Waals surface area contributed by atoms with Gasteiger partial charge in [0.05, 0.1) is 9.90 Å². The summed E-state index contributed by atoms with van der Waals surface area (Å²) < 4.78 is 0. The molecule has 0 atom stereocenters. The highest BCUT2D eigenvalue weighted by molar-refractivity contribution is 7.14. The molecule has 2 nitrogen and oxygen atoms in total. The van der Waals surface area contributed by atoms with Gasteiger partial charge in [0.2, 0.25) is 0 Å². The monoisotopic (exact) mass is 278 g/mol. The van der Waals surface area contributed by atoms with Crippen LogP contribution in [0.2, 0.25) is 5.02 Å². The number of carbonyl (C=O) groups excluding carboxylic acids is 1. The van der Waals surface area contributed by atoms with E-state index in [9.17, 15) is 9.90 Å². The quantitative estimate of drug-likeness (QED) is 0.671. The fourth-order valence-corrected chi connectivity index (χ4v) is 2.42. The largest absolute Gasteiger partial charge is 0.506 e. The molecular weight excluding hydrogens is 268 g/mol. The van der Waals surface area contributed by atoms with Crippen LogP contribution in [0.25, 0.3) is 6.08 Å². The minimum Gasteiger partial charge on any atom is -0.506 e. The Hall–Kier alpha value is -1.58. The van der Waals surface area contributed by atoms with Gasteiger partial charge in [-0.05, 0) is 42.8 Å². The van der Waals surface area contributed by atoms with E-state index in [1.165, 1.54) is 23.5 Å². The van der Waals surface area contributed by atoms with E-state index in [2.05, 4.69) is 0 Å². The van der Waals surface area contributed by atoms with Crippen LogP contribution in [0.3, 0.4) is 0 Å². The lowest BCUT2D eigenvalue weighted by molar-refractivity contribution is 0.105. The molecule has 2 rings (SSSR count). The van der Waals surface area contributed by atoms with Gasteiger partial charge in [-0.3, -0.25) is 4.79 Å². The number of hydrogen-bond acceptors (Lipinski definition) is 3. The van der Waals surface area contributed by atoms with Crippen molar-refractivity contribution in [3.63, 3.8) is 0 Å². The summed E-state index contributed by atoms with van der Waals surface area (Å²) in [5, 5.41) is 9.56. The van der Waals surface area contributed by atoms with Gasteiger partial charge in [-0.15, -0.1) is 11.3 Å². The number of rotatable bonds is 3. The molecule has 0 radical (unpaired) electrons. The SMILES string of the molecule is Cc1ccc(C(=O)/C=C/c2ccc(O)c(Cl)c2)s1. The third kappa shape index (κ3) is 3.00. The van der Waals surface area contributed by atoms with Gasteiger partial charge < -0.3 is 5.11 Å². The topological polar surface area (TPSA) is 37.3 Å². The Labute approximate surface area is 114 Å². The Morgan fingerprint density at radius 2 is 2.11 bits per heavy atom. The average molecular weight is 279 g/mol. The number of hydrogen-bond donors (Lipinski definition) is 1. The summed E-state index contributed by atoms with van der Waals surface area (Å²) in [6, 6.07) is 8.55. The normalized spacial score (nSPS) is 11.0. The molecule has 0 saturated carbocycles. The van der Waals surface area contributed by atoms with Crippen LogP contribution < -0.4 is 0 Å². The minimum atomic E-state index is -0.0303. The first-order valence-corrected chi connectivity index (χ1v) is 6.53. The van der Waals surface area contributed by atoms with E-state index in [-0.39, 0.29) is 16.6 Å². The summed E-state index contributed by atoms with van der Waals surface area (Å²) in [4.78, 5) is 13.7. The van der Waals surface area contributed by atoms with Crippen LogP contribution in [0.1, 0.15) is 20.1 Å². The van der Waals surface area contributed by atoms with Crippen molar-refractivity contribution in [3.8, 4) is 5.75 Å². The van der Waals surface area contributed by atoms with Gasteiger partial charge in [0.25, 0.3) is 0 Å². The third-order valence-electron chi connectivity index (χ3n) is 2.38. The molecule has 0 aliphatic heterocycles. The zero-order valence-corrected chi connectivity index (χ0v) is 11.3. The Morgan fingerprint density at radius 1 is 1.33 bits per heavy atom. The summed E-state index contributed by atoms with van der Waals surface area (Å²) in [6.07, 6.45) is 3.19. The Bertz CT molecular complexity index is 614. The molecule has 1 aromatic carbocycles. The van der Waals surface area contributed by atoms with Crippen molar-refractivity contribution in [1.29, 1.82) is 0 Å². The first-order chi connectivity index (χ1) is 8.56. The van der Waals surface area contributed by atoms with E-state index in [0.717, 1.165) is 10.4 Å². The summed E-state index contributed by atoms with van der Waals surface area (Å²) in [5.74, 6) is 0.00585. The first-order valence-electron chi connectivity index (χ1n) is 5.33. The molecule has 1 N–H and O–H groups in total. The van der Waals surface area contributed by atoms with Gasteiger partial charge in [-0.25, -0.2) is 0 Å². The van der Waals surface area contributed by atoms with Crippen molar-refractivity contribution in [2.45, 2.75) is 6.92 Å². The highest BCUT2D eigenvalue weighted by Crippen LogP contribution is 2.24. The van der Waals surface area contributed by atoms with Crippen LogP contribution in [-0.4, -0.2) is 10.9 Å². The van der Waals surface area contributed by atoms with Crippen LogP contribution in [0.5, 0.6) is 5.75 Å². The van der Waals surface area contributed by atoms with Crippen molar-refractivity contribution in [2.75, 3.05) is 0 Å². The summed E-state index contributed by atoms with van der Waals surface area (Å²) in [7, 11) is 0. The van der Waals surface area contributed by atoms with E-state index in [1.54, 1.807) is 18.2 Å². The lowest BCUT2D eigenvalue weighted by atomic mass is 10.2. The van der Waals surface area contributed by atoms with Gasteiger partial charge >= 0.3 is 0 Å². The number of benzene rings is 1. The summed E-state index contributed by atoms with van der Waals surface area (Å²) >= 11 is 7.25. The average Bonchev–Trinajstić information content (AvgIpc) is 2.77. The van der Waals surface area contributed by atoms with Crippen LogP contribution in [0, 0.1) is 6.92 Å². The van der Waals surface area contributed by atoms with Crippen LogP contribution in [0.4, 0.5) is 0 Å². The van der Waals surface area contributed by atoms with Gasteiger partial charge in [-0.2, -0.15) is 0 Å². The Balaban J connectivity index is 2.15. The second kappa shape index (κ2) is 5.38. The number of aromatic hydroxyl groups is 1. The first kappa shape index (κ1) is 12.9. The molecule has 18 heavy (non-hydrogen) atoms. The minimum absolute atomic E-state index is 0.0303. The molecular formula is C14H11ClO2S. The van der Waals surface area contributed by atoms with Crippen molar-refractivity contribution in [3.05, 3.63) is 56.7 Å². The molecule has 0 aliphatic carbocycles. The molecule has 0 spiro atoms. The predicted octanol–water partition coefficient (Wildman–Crippen LogP) is 4.31. The van der Waals surface area contributed by atoms with Crippen LogP contribution >= 0.6 is 22.9 Å². The molecule has 1 heterocycles. The zero-order chi connectivity index (χ0) is 13.1. The van der Waals surface area contributed by atoms with Crippen molar-refractivity contribution in [2.24, 2.45) is 0 Å². The molecule has 0 bridgehead atoms. The molecule has 0 aliphatic rings. The molecule has 2 aromatic rings. The van der Waals surface area contributed by atoms with Crippen molar-refractivity contribution < 1.29 is 9.90 Å². The van der Waals surface area contributed by atoms with Gasteiger partial charge in [-0.1, -0.05) is 23.7 Å². The number of allylic oxidation sites excluding steroid dienone is 1.